The second-order valence-corrected chi connectivity index (χ2v) is 5.33. The van der Waals surface area contributed by atoms with Crippen molar-refractivity contribution in [3.05, 3.63) is 78.0 Å². The van der Waals surface area contributed by atoms with Crippen LogP contribution in [-0.2, 0) is 5.60 Å². The molecule has 1 heterocycles. The monoisotopic (exact) mass is 291 g/mol. The largest absolute Gasteiger partial charge is 0.377 e. The molecule has 2 aromatic carbocycles. The first-order chi connectivity index (χ1) is 10.6. The normalized spacial score (nSPS) is 13.7. The van der Waals surface area contributed by atoms with Gasteiger partial charge < -0.3 is 5.11 Å². The Morgan fingerprint density at radius 1 is 1.09 bits per heavy atom. The van der Waals surface area contributed by atoms with Crippen LogP contribution in [-0.4, -0.2) is 15.9 Å². The topological polar surface area (TPSA) is 50.2 Å². The van der Waals surface area contributed by atoms with Crippen molar-refractivity contribution in [2.75, 3.05) is 0 Å². The lowest BCUT2D eigenvalue weighted by Crippen LogP contribution is -2.35. The summed E-state index contributed by atoms with van der Waals surface area (Å²) in [4.78, 5) is 17.2. The molecule has 3 heteroatoms. The Morgan fingerprint density at radius 2 is 1.77 bits per heavy atom. The predicted octanol–water partition coefficient (Wildman–Crippen LogP) is 3.72. The Balaban J connectivity index is 2.06. The van der Waals surface area contributed by atoms with Gasteiger partial charge in [0.15, 0.2) is 11.4 Å². The number of hydrogen-bond donors (Lipinski definition) is 1. The van der Waals surface area contributed by atoms with Gasteiger partial charge in [0, 0.05) is 17.1 Å². The number of para-hydroxylation sites is 1. The highest BCUT2D eigenvalue weighted by atomic mass is 16.3. The van der Waals surface area contributed by atoms with Gasteiger partial charge in [0.2, 0.25) is 0 Å². The van der Waals surface area contributed by atoms with Crippen LogP contribution in [0.3, 0.4) is 0 Å². The molecule has 0 fully saturated rings. The van der Waals surface area contributed by atoms with E-state index in [1.165, 1.54) is 6.20 Å². The van der Waals surface area contributed by atoms with Crippen molar-refractivity contribution in [2.24, 2.45) is 0 Å². The number of benzene rings is 2. The minimum atomic E-state index is -1.52. The number of Topliss-reactive ketones (excluding diaryl/α,β-unsaturated/α-hetero) is 1. The third kappa shape index (κ3) is 2.40. The minimum Gasteiger partial charge on any atom is -0.377 e. The summed E-state index contributed by atoms with van der Waals surface area (Å²) in [5.41, 5.74) is 0.340. The van der Waals surface area contributed by atoms with Crippen LogP contribution < -0.4 is 0 Å². The maximum absolute atomic E-state index is 12.9. The molecular formula is C19H17NO2. The van der Waals surface area contributed by atoms with Crippen molar-refractivity contribution >= 4 is 16.7 Å². The zero-order chi connectivity index (χ0) is 15.6. The van der Waals surface area contributed by atoms with Gasteiger partial charge in [-0.15, -0.1) is 0 Å². The van der Waals surface area contributed by atoms with E-state index < -0.39 is 5.60 Å². The van der Waals surface area contributed by atoms with Crippen LogP contribution in [0.4, 0.5) is 0 Å². The van der Waals surface area contributed by atoms with Gasteiger partial charge in [-0.2, -0.15) is 0 Å². The highest BCUT2D eigenvalue weighted by molar-refractivity contribution is 6.04. The summed E-state index contributed by atoms with van der Waals surface area (Å²) in [5.74, 6) is -0.320. The van der Waals surface area contributed by atoms with Crippen LogP contribution in [0.2, 0.25) is 0 Å². The Labute approximate surface area is 129 Å². The van der Waals surface area contributed by atoms with Gasteiger partial charge in [0.1, 0.15) is 0 Å². The maximum atomic E-state index is 12.9. The fraction of sp³-hybridized carbons (Fsp3) is 0.158. The molecule has 0 saturated heterocycles. The van der Waals surface area contributed by atoms with E-state index in [0.717, 1.165) is 10.9 Å². The third-order valence-corrected chi connectivity index (χ3v) is 3.99. The number of aliphatic hydroxyl groups is 1. The van der Waals surface area contributed by atoms with E-state index in [9.17, 15) is 9.90 Å². The standard InChI is InChI=1S/C19H17NO2/c1-2-19(22,16-9-4-3-5-10-16)18(21)15-12-14-8-6-7-11-17(14)20-13-15/h3-13,22H,2H2,1H3. The van der Waals surface area contributed by atoms with Gasteiger partial charge in [-0.3, -0.25) is 9.78 Å². The van der Waals surface area contributed by atoms with Gasteiger partial charge in [-0.1, -0.05) is 55.5 Å². The number of nitrogens with zero attached hydrogens (tertiary/aromatic N) is 1. The smallest absolute Gasteiger partial charge is 0.200 e. The molecule has 1 N–H and O–H groups in total. The molecule has 3 nitrogen and oxygen atoms in total. The molecular weight excluding hydrogens is 274 g/mol. The first-order valence-corrected chi connectivity index (χ1v) is 7.32. The molecule has 110 valence electrons. The van der Waals surface area contributed by atoms with Crippen molar-refractivity contribution in [3.8, 4) is 0 Å². The van der Waals surface area contributed by atoms with E-state index in [2.05, 4.69) is 4.98 Å². The summed E-state index contributed by atoms with van der Waals surface area (Å²) in [6.45, 7) is 1.80. The molecule has 22 heavy (non-hydrogen) atoms. The molecule has 0 amide bonds. The average Bonchev–Trinajstić information content (AvgIpc) is 2.60. The summed E-state index contributed by atoms with van der Waals surface area (Å²) in [5, 5.41) is 11.8. The summed E-state index contributed by atoms with van der Waals surface area (Å²) < 4.78 is 0. The molecule has 0 aliphatic carbocycles. The van der Waals surface area contributed by atoms with Crippen molar-refractivity contribution in [1.29, 1.82) is 0 Å². The quantitative estimate of drug-likeness (QED) is 0.745. The van der Waals surface area contributed by atoms with Gasteiger partial charge in [0.25, 0.3) is 0 Å². The van der Waals surface area contributed by atoms with Crippen molar-refractivity contribution in [2.45, 2.75) is 18.9 Å². The molecule has 0 spiro atoms. The summed E-state index contributed by atoms with van der Waals surface area (Å²) in [6.07, 6.45) is 1.84. The molecule has 0 aliphatic heterocycles. The molecule has 1 atom stereocenters. The highest BCUT2D eigenvalue weighted by Gasteiger charge is 2.36. The second kappa shape index (κ2) is 5.70. The minimum absolute atomic E-state index is 0.308. The summed E-state index contributed by atoms with van der Waals surface area (Å²) in [6, 6.07) is 18.5. The number of fused-ring (bicyclic) bond motifs is 1. The zero-order valence-corrected chi connectivity index (χ0v) is 12.4. The highest BCUT2D eigenvalue weighted by Crippen LogP contribution is 2.29. The number of rotatable bonds is 4. The van der Waals surface area contributed by atoms with Gasteiger partial charge in [-0.25, -0.2) is 0 Å². The van der Waals surface area contributed by atoms with E-state index in [-0.39, 0.29) is 5.78 Å². The van der Waals surface area contributed by atoms with E-state index in [1.807, 2.05) is 42.5 Å². The van der Waals surface area contributed by atoms with Crippen LogP contribution in [0.15, 0.2) is 66.9 Å². The van der Waals surface area contributed by atoms with E-state index in [1.54, 1.807) is 25.1 Å². The lowest BCUT2D eigenvalue weighted by Gasteiger charge is -2.25. The number of hydrogen-bond acceptors (Lipinski definition) is 3. The predicted molar refractivity (Wildman–Crippen MR) is 86.7 cm³/mol. The SMILES string of the molecule is CCC(O)(C(=O)c1cnc2ccccc2c1)c1ccccc1. The van der Waals surface area contributed by atoms with E-state index in [4.69, 9.17) is 0 Å². The van der Waals surface area contributed by atoms with Crippen LogP contribution in [0.25, 0.3) is 10.9 Å². The summed E-state index contributed by atoms with van der Waals surface area (Å²) >= 11 is 0. The first kappa shape index (κ1) is 14.4. The van der Waals surface area contributed by atoms with Gasteiger partial charge in [0.05, 0.1) is 5.52 Å². The van der Waals surface area contributed by atoms with Crippen LogP contribution in [0, 0.1) is 0 Å². The fourth-order valence-corrected chi connectivity index (χ4v) is 2.64. The molecule has 3 rings (SSSR count). The fourth-order valence-electron chi connectivity index (χ4n) is 2.64. The average molecular weight is 291 g/mol. The van der Waals surface area contributed by atoms with Crippen molar-refractivity contribution in [1.82, 2.24) is 4.98 Å². The lowest BCUT2D eigenvalue weighted by molar-refractivity contribution is 0.0277. The first-order valence-electron chi connectivity index (χ1n) is 7.32. The lowest BCUT2D eigenvalue weighted by atomic mass is 9.84. The molecule has 0 aliphatic rings. The van der Waals surface area contributed by atoms with Crippen LogP contribution >= 0.6 is 0 Å². The van der Waals surface area contributed by atoms with Crippen LogP contribution in [0.1, 0.15) is 29.3 Å². The van der Waals surface area contributed by atoms with Crippen LogP contribution in [0.5, 0.6) is 0 Å². The second-order valence-electron chi connectivity index (χ2n) is 5.33. The van der Waals surface area contributed by atoms with E-state index >= 15 is 0 Å². The number of pyridine rings is 1. The molecule has 0 saturated carbocycles. The number of carbonyl (C=O) groups excluding carboxylic acids is 1. The maximum Gasteiger partial charge on any atom is 0.200 e. The Bertz CT molecular complexity index is 814. The summed E-state index contributed by atoms with van der Waals surface area (Å²) in [7, 11) is 0. The molecule has 0 bridgehead atoms. The molecule has 3 aromatic rings. The third-order valence-electron chi connectivity index (χ3n) is 3.99. The number of aromatic nitrogens is 1. The number of ketones is 1. The van der Waals surface area contributed by atoms with Gasteiger partial charge >= 0.3 is 0 Å². The van der Waals surface area contributed by atoms with Gasteiger partial charge in [-0.05, 0) is 24.1 Å². The number of carbonyl (C=O) groups is 1. The van der Waals surface area contributed by atoms with Crippen molar-refractivity contribution < 1.29 is 9.90 Å². The Morgan fingerprint density at radius 3 is 2.50 bits per heavy atom. The van der Waals surface area contributed by atoms with E-state index in [0.29, 0.717) is 17.5 Å². The zero-order valence-electron chi connectivity index (χ0n) is 12.4. The Hall–Kier alpha value is -2.52. The molecule has 1 unspecified atom stereocenters. The van der Waals surface area contributed by atoms with Crippen molar-refractivity contribution in [3.63, 3.8) is 0 Å². The molecule has 1 aromatic heterocycles. The Kier molecular flexibility index (Phi) is 3.73. The molecule has 0 radical (unpaired) electrons.